The van der Waals surface area contributed by atoms with E-state index < -0.39 is 5.82 Å². The Hall–Kier alpha value is -3.59. The van der Waals surface area contributed by atoms with Gasteiger partial charge in [-0.2, -0.15) is 0 Å². The Labute approximate surface area is 177 Å². The number of hydrogen-bond donors (Lipinski definition) is 3. The predicted molar refractivity (Wildman–Crippen MR) is 117 cm³/mol. The fourth-order valence-corrected chi connectivity index (χ4v) is 4.00. The molecule has 31 heavy (non-hydrogen) atoms. The van der Waals surface area contributed by atoms with Crippen LogP contribution in [0.15, 0.2) is 43.0 Å². The van der Waals surface area contributed by atoms with Gasteiger partial charge in [0.15, 0.2) is 11.5 Å². The Morgan fingerprint density at radius 2 is 2.06 bits per heavy atom. The van der Waals surface area contributed by atoms with Crippen LogP contribution in [-0.2, 0) is 0 Å². The average Bonchev–Trinajstić information content (AvgIpc) is 3.15. The van der Waals surface area contributed by atoms with Crippen molar-refractivity contribution >= 4 is 34.0 Å². The lowest BCUT2D eigenvalue weighted by molar-refractivity contribution is 0.102. The number of aryl methyl sites for hydroxylation is 1. The van der Waals surface area contributed by atoms with E-state index in [2.05, 4.69) is 30.9 Å². The van der Waals surface area contributed by atoms with Gasteiger partial charge in [0, 0.05) is 43.4 Å². The summed E-state index contributed by atoms with van der Waals surface area (Å²) in [5.74, 6) is -0.886. The van der Waals surface area contributed by atoms with E-state index in [0.717, 1.165) is 31.6 Å². The van der Waals surface area contributed by atoms with Crippen LogP contribution in [0.25, 0.3) is 16.7 Å². The minimum atomic E-state index is -0.504. The standard InChI is InChI=1S/C22H22FN7O/c1-13-11-30-12-15(9-17(23)21(30)27-13)29-22(31)16-4-5-18(20-19(16)25-7-8-26-20)28-14-3-2-6-24-10-14/h4-5,7-9,11-12,14,24,28H,2-3,6,10H2,1H3,(H,29,31)/t14-/m1/s1. The second kappa shape index (κ2) is 7.92. The monoisotopic (exact) mass is 419 g/mol. The van der Waals surface area contributed by atoms with Crippen molar-refractivity contribution in [3.8, 4) is 0 Å². The van der Waals surface area contributed by atoms with Crippen molar-refractivity contribution in [2.45, 2.75) is 25.8 Å². The minimum Gasteiger partial charge on any atom is -0.379 e. The molecule has 3 N–H and O–H groups in total. The lowest BCUT2D eigenvalue weighted by atomic mass is 10.1. The highest BCUT2D eigenvalue weighted by molar-refractivity contribution is 6.13. The van der Waals surface area contributed by atoms with E-state index in [1.54, 1.807) is 42.2 Å². The molecule has 3 aromatic heterocycles. The number of benzene rings is 1. The third kappa shape index (κ3) is 3.79. The number of imidazole rings is 1. The van der Waals surface area contributed by atoms with Crippen LogP contribution in [0.2, 0.25) is 0 Å². The molecular weight excluding hydrogens is 397 g/mol. The van der Waals surface area contributed by atoms with Crippen molar-refractivity contribution in [2.24, 2.45) is 0 Å². The Morgan fingerprint density at radius 3 is 2.87 bits per heavy atom. The van der Waals surface area contributed by atoms with Crippen LogP contribution in [0, 0.1) is 12.7 Å². The quantitative estimate of drug-likeness (QED) is 0.470. The number of nitrogens with zero attached hydrogens (tertiary/aromatic N) is 4. The van der Waals surface area contributed by atoms with Crippen molar-refractivity contribution in [1.29, 1.82) is 0 Å². The van der Waals surface area contributed by atoms with E-state index in [9.17, 15) is 9.18 Å². The maximum atomic E-state index is 14.4. The summed E-state index contributed by atoms with van der Waals surface area (Å²) in [6, 6.07) is 5.14. The number of hydrogen-bond acceptors (Lipinski definition) is 6. The Morgan fingerprint density at radius 1 is 1.23 bits per heavy atom. The third-order valence-electron chi connectivity index (χ3n) is 5.41. The molecule has 0 saturated carbocycles. The first-order valence-electron chi connectivity index (χ1n) is 10.3. The van der Waals surface area contributed by atoms with Crippen molar-refractivity contribution in [3.63, 3.8) is 0 Å². The molecule has 8 nitrogen and oxygen atoms in total. The molecule has 4 aromatic rings. The van der Waals surface area contributed by atoms with Gasteiger partial charge in [-0.25, -0.2) is 9.37 Å². The molecule has 1 aliphatic heterocycles. The fourth-order valence-electron chi connectivity index (χ4n) is 4.00. The van der Waals surface area contributed by atoms with Crippen molar-refractivity contribution < 1.29 is 9.18 Å². The number of nitrogens with one attached hydrogen (secondary N) is 3. The number of carbonyl (C=O) groups is 1. The van der Waals surface area contributed by atoms with Crippen molar-refractivity contribution in [3.05, 3.63) is 60.1 Å². The summed E-state index contributed by atoms with van der Waals surface area (Å²) in [6.45, 7) is 3.70. The molecule has 1 saturated heterocycles. The second-order valence-electron chi connectivity index (χ2n) is 7.75. The van der Waals surface area contributed by atoms with Gasteiger partial charge in [0.05, 0.1) is 22.6 Å². The maximum absolute atomic E-state index is 14.4. The number of halogens is 1. The first-order chi connectivity index (χ1) is 15.1. The molecule has 1 aromatic carbocycles. The smallest absolute Gasteiger partial charge is 0.257 e. The van der Waals surface area contributed by atoms with Gasteiger partial charge in [0.2, 0.25) is 0 Å². The minimum absolute atomic E-state index is 0.222. The number of piperidine rings is 1. The fraction of sp³-hybridized carbons (Fsp3) is 0.273. The van der Waals surface area contributed by atoms with E-state index in [1.165, 1.54) is 6.07 Å². The molecule has 158 valence electrons. The van der Waals surface area contributed by atoms with Gasteiger partial charge in [0.1, 0.15) is 11.0 Å². The van der Waals surface area contributed by atoms with Gasteiger partial charge in [-0.05, 0) is 38.4 Å². The zero-order valence-electron chi connectivity index (χ0n) is 17.0. The number of pyridine rings is 1. The number of fused-ring (bicyclic) bond motifs is 2. The number of amides is 1. The zero-order valence-corrected chi connectivity index (χ0v) is 17.0. The summed E-state index contributed by atoms with van der Waals surface area (Å²) in [5.41, 5.74) is 3.59. The number of anilines is 2. The molecule has 9 heteroatoms. The normalized spacial score (nSPS) is 16.5. The second-order valence-corrected chi connectivity index (χ2v) is 7.75. The summed E-state index contributed by atoms with van der Waals surface area (Å²) in [5, 5.41) is 9.66. The predicted octanol–water partition coefficient (Wildman–Crippen LogP) is 3.14. The van der Waals surface area contributed by atoms with Gasteiger partial charge >= 0.3 is 0 Å². The first-order valence-corrected chi connectivity index (χ1v) is 10.3. The molecule has 0 aliphatic carbocycles. The van der Waals surface area contributed by atoms with E-state index in [0.29, 0.717) is 34.0 Å². The molecule has 4 heterocycles. The largest absolute Gasteiger partial charge is 0.379 e. The molecule has 1 aliphatic rings. The lowest BCUT2D eigenvalue weighted by Crippen LogP contribution is -2.38. The Kier molecular flexibility index (Phi) is 4.95. The van der Waals surface area contributed by atoms with Crippen LogP contribution in [-0.4, -0.2) is 44.4 Å². The number of rotatable bonds is 4. The van der Waals surface area contributed by atoms with E-state index in [4.69, 9.17) is 0 Å². The Balaban J connectivity index is 1.46. The molecule has 5 rings (SSSR count). The van der Waals surface area contributed by atoms with Crippen LogP contribution in [0.3, 0.4) is 0 Å². The van der Waals surface area contributed by atoms with Crippen LogP contribution >= 0.6 is 0 Å². The molecule has 0 unspecified atom stereocenters. The van der Waals surface area contributed by atoms with Gasteiger partial charge in [-0.15, -0.1) is 0 Å². The van der Waals surface area contributed by atoms with Gasteiger partial charge in [-0.1, -0.05) is 0 Å². The highest BCUT2D eigenvalue weighted by Gasteiger charge is 2.19. The van der Waals surface area contributed by atoms with Crippen LogP contribution in [0.4, 0.5) is 15.8 Å². The topological polar surface area (TPSA) is 96.2 Å². The van der Waals surface area contributed by atoms with Crippen molar-refractivity contribution in [1.82, 2.24) is 24.7 Å². The average molecular weight is 419 g/mol. The summed E-state index contributed by atoms with van der Waals surface area (Å²) in [4.78, 5) is 26.0. The van der Waals surface area contributed by atoms with Crippen LogP contribution < -0.4 is 16.0 Å². The third-order valence-corrected chi connectivity index (χ3v) is 5.41. The highest BCUT2D eigenvalue weighted by atomic mass is 19.1. The maximum Gasteiger partial charge on any atom is 0.257 e. The summed E-state index contributed by atoms with van der Waals surface area (Å²) >= 11 is 0. The molecule has 1 amide bonds. The summed E-state index contributed by atoms with van der Waals surface area (Å²) in [6.07, 6.45) is 8.69. The summed E-state index contributed by atoms with van der Waals surface area (Å²) in [7, 11) is 0. The molecule has 0 bridgehead atoms. The molecule has 1 fully saturated rings. The zero-order chi connectivity index (χ0) is 21.4. The highest BCUT2D eigenvalue weighted by Crippen LogP contribution is 2.26. The number of carbonyl (C=O) groups excluding carboxylic acids is 1. The lowest BCUT2D eigenvalue weighted by Gasteiger charge is -2.25. The number of aromatic nitrogens is 4. The van der Waals surface area contributed by atoms with Gasteiger partial charge < -0.3 is 20.4 Å². The van der Waals surface area contributed by atoms with E-state index in [1.807, 2.05) is 6.07 Å². The molecule has 1 atom stereocenters. The SMILES string of the molecule is Cc1cn2cc(NC(=O)c3ccc(N[C@@H]4CCCNC4)c4nccnc34)cc(F)c2n1. The van der Waals surface area contributed by atoms with Crippen LogP contribution in [0.5, 0.6) is 0 Å². The van der Waals surface area contributed by atoms with E-state index in [-0.39, 0.29) is 11.6 Å². The molecule has 0 radical (unpaired) electrons. The van der Waals surface area contributed by atoms with Gasteiger partial charge in [0.25, 0.3) is 5.91 Å². The Bertz CT molecular complexity index is 1280. The first kappa shape index (κ1) is 19.4. The molecule has 0 spiro atoms. The summed E-state index contributed by atoms with van der Waals surface area (Å²) < 4.78 is 15.9. The van der Waals surface area contributed by atoms with Gasteiger partial charge in [-0.3, -0.25) is 14.8 Å². The molecular formula is C22H22FN7O. The van der Waals surface area contributed by atoms with E-state index >= 15 is 0 Å². The van der Waals surface area contributed by atoms with Crippen molar-refractivity contribution in [2.75, 3.05) is 23.7 Å². The van der Waals surface area contributed by atoms with Crippen LogP contribution in [0.1, 0.15) is 28.9 Å².